The van der Waals surface area contributed by atoms with Gasteiger partial charge in [0, 0.05) is 19.0 Å². The molecule has 4 aliphatic rings. The highest BCUT2D eigenvalue weighted by Gasteiger charge is 2.54. The summed E-state index contributed by atoms with van der Waals surface area (Å²) in [5.41, 5.74) is 0.413. The fourth-order valence-electron chi connectivity index (χ4n) is 3.62. The lowest BCUT2D eigenvalue weighted by molar-refractivity contribution is -1.01. The molecular formula is C11H22N3+. The van der Waals surface area contributed by atoms with Crippen molar-refractivity contribution in [1.29, 1.82) is 0 Å². The van der Waals surface area contributed by atoms with Crippen molar-refractivity contribution in [2.24, 2.45) is 5.92 Å². The Morgan fingerprint density at radius 1 is 1.07 bits per heavy atom. The second-order valence-corrected chi connectivity index (χ2v) is 6.50. The number of rotatable bonds is 0. The minimum Gasteiger partial charge on any atom is -0.294 e. The van der Waals surface area contributed by atoms with Crippen molar-refractivity contribution in [3.8, 4) is 0 Å². The van der Waals surface area contributed by atoms with Gasteiger partial charge in [-0.05, 0) is 20.8 Å². The molecule has 0 aromatic rings. The third kappa shape index (κ3) is 1.09. The van der Waals surface area contributed by atoms with E-state index in [1.807, 2.05) is 0 Å². The fourth-order valence-corrected chi connectivity index (χ4v) is 3.62. The van der Waals surface area contributed by atoms with Gasteiger partial charge in [-0.2, -0.15) is 0 Å². The van der Waals surface area contributed by atoms with Crippen LogP contribution in [0.3, 0.4) is 0 Å². The molecule has 4 fully saturated rings. The molecule has 4 saturated heterocycles. The summed E-state index contributed by atoms with van der Waals surface area (Å²) in [6.45, 7) is 15.1. The van der Waals surface area contributed by atoms with Gasteiger partial charge in [-0.3, -0.25) is 4.48 Å². The highest BCUT2D eigenvalue weighted by Crippen LogP contribution is 2.38. The van der Waals surface area contributed by atoms with Crippen LogP contribution in [0.2, 0.25) is 0 Å². The largest absolute Gasteiger partial charge is 0.294 e. The molecule has 80 valence electrons. The van der Waals surface area contributed by atoms with Crippen molar-refractivity contribution in [2.45, 2.75) is 26.3 Å². The lowest BCUT2D eigenvalue weighted by Crippen LogP contribution is -2.80. The van der Waals surface area contributed by atoms with Crippen molar-refractivity contribution in [3.63, 3.8) is 0 Å². The van der Waals surface area contributed by atoms with Gasteiger partial charge in [0.2, 0.25) is 0 Å². The molecule has 14 heavy (non-hydrogen) atoms. The maximum absolute atomic E-state index is 2.65. The van der Waals surface area contributed by atoms with E-state index in [9.17, 15) is 0 Å². The van der Waals surface area contributed by atoms with Gasteiger partial charge in [0.1, 0.15) is 13.3 Å². The standard InChI is InChI=1S/C11H22N3/c1-11(2,3)14-6-10-4-12(8-14)7-13(5-10)9-14/h10H,4-9H2,1-3H3/q+1. The van der Waals surface area contributed by atoms with Crippen LogP contribution in [0.25, 0.3) is 0 Å². The molecule has 2 atom stereocenters. The Morgan fingerprint density at radius 2 is 1.64 bits per heavy atom. The Bertz CT molecular complexity index is 218. The first-order chi connectivity index (χ1) is 6.48. The molecule has 0 saturated carbocycles. The van der Waals surface area contributed by atoms with E-state index in [0.717, 1.165) is 5.92 Å². The predicted octanol–water partition coefficient (Wildman–Crippen LogP) is 0.735. The van der Waals surface area contributed by atoms with Crippen molar-refractivity contribution in [1.82, 2.24) is 9.80 Å². The van der Waals surface area contributed by atoms with Crippen LogP contribution >= 0.6 is 0 Å². The second kappa shape index (κ2) is 2.52. The van der Waals surface area contributed by atoms with E-state index < -0.39 is 0 Å². The van der Waals surface area contributed by atoms with Gasteiger partial charge in [0.05, 0.1) is 18.8 Å². The molecule has 4 bridgehead atoms. The molecule has 4 heterocycles. The van der Waals surface area contributed by atoms with Crippen LogP contribution < -0.4 is 0 Å². The zero-order valence-electron chi connectivity index (χ0n) is 9.66. The summed E-state index contributed by atoms with van der Waals surface area (Å²) in [5, 5.41) is 0. The van der Waals surface area contributed by atoms with Crippen molar-refractivity contribution < 1.29 is 4.48 Å². The molecule has 3 nitrogen and oxygen atoms in total. The number of hydrogen-bond acceptors (Lipinski definition) is 2. The third-order valence-corrected chi connectivity index (χ3v) is 4.40. The molecule has 0 radical (unpaired) electrons. The first-order valence-electron chi connectivity index (χ1n) is 5.79. The molecular weight excluding hydrogens is 174 g/mol. The van der Waals surface area contributed by atoms with E-state index in [2.05, 4.69) is 30.6 Å². The first-order valence-corrected chi connectivity index (χ1v) is 5.79. The molecule has 2 unspecified atom stereocenters. The van der Waals surface area contributed by atoms with Gasteiger partial charge in [-0.15, -0.1) is 0 Å². The quantitative estimate of drug-likeness (QED) is 0.527. The molecule has 0 aromatic carbocycles. The van der Waals surface area contributed by atoms with Crippen LogP contribution in [0.15, 0.2) is 0 Å². The maximum Gasteiger partial charge on any atom is 0.137 e. The fraction of sp³-hybridized carbons (Fsp3) is 1.00. The van der Waals surface area contributed by atoms with Crippen molar-refractivity contribution in [2.75, 3.05) is 39.6 Å². The van der Waals surface area contributed by atoms with E-state index >= 15 is 0 Å². The smallest absolute Gasteiger partial charge is 0.137 e. The molecule has 4 rings (SSSR count). The molecule has 3 heteroatoms. The summed E-state index contributed by atoms with van der Waals surface area (Å²) < 4.78 is 1.30. The monoisotopic (exact) mass is 196 g/mol. The summed E-state index contributed by atoms with van der Waals surface area (Å²) in [4.78, 5) is 5.29. The van der Waals surface area contributed by atoms with Crippen LogP contribution in [0.5, 0.6) is 0 Å². The van der Waals surface area contributed by atoms with Crippen LogP contribution in [0.4, 0.5) is 0 Å². The average Bonchev–Trinajstić information content (AvgIpc) is 1.98. The highest BCUT2D eigenvalue weighted by molar-refractivity contribution is 4.85. The number of nitrogens with zero attached hydrogens (tertiary/aromatic N) is 3. The summed E-state index contributed by atoms with van der Waals surface area (Å²) in [6.07, 6.45) is 0. The zero-order valence-corrected chi connectivity index (χ0v) is 9.66. The van der Waals surface area contributed by atoms with Gasteiger partial charge < -0.3 is 0 Å². The Labute approximate surface area is 86.9 Å². The summed E-state index contributed by atoms with van der Waals surface area (Å²) in [5.74, 6) is 0.936. The van der Waals surface area contributed by atoms with Gasteiger partial charge in [-0.1, -0.05) is 0 Å². The van der Waals surface area contributed by atoms with Gasteiger partial charge in [0.25, 0.3) is 0 Å². The lowest BCUT2D eigenvalue weighted by Gasteiger charge is -2.64. The molecule has 0 aromatic heterocycles. The minimum atomic E-state index is 0.413. The normalized spacial score (nSPS) is 51.2. The predicted molar refractivity (Wildman–Crippen MR) is 56.4 cm³/mol. The zero-order chi connectivity index (χ0) is 9.97. The summed E-state index contributed by atoms with van der Waals surface area (Å²) >= 11 is 0. The van der Waals surface area contributed by atoms with Gasteiger partial charge in [-0.25, -0.2) is 9.80 Å². The Hall–Kier alpha value is -0.120. The summed E-state index contributed by atoms with van der Waals surface area (Å²) in [7, 11) is 0. The molecule has 0 aliphatic carbocycles. The van der Waals surface area contributed by atoms with Gasteiger partial charge >= 0.3 is 0 Å². The number of quaternary nitrogens is 1. The Morgan fingerprint density at radius 3 is 2.07 bits per heavy atom. The maximum atomic E-state index is 2.65. The Kier molecular flexibility index (Phi) is 1.64. The SMILES string of the molecule is CC(C)(C)[N+]12CC3CN(CN(C3)C1)C2. The van der Waals surface area contributed by atoms with Crippen LogP contribution in [-0.2, 0) is 0 Å². The topological polar surface area (TPSA) is 6.48 Å². The number of hydrogen-bond donors (Lipinski definition) is 0. The van der Waals surface area contributed by atoms with E-state index in [4.69, 9.17) is 0 Å². The average molecular weight is 196 g/mol. The Balaban J connectivity index is 1.95. The highest BCUT2D eigenvalue weighted by atomic mass is 15.6. The van der Waals surface area contributed by atoms with Crippen LogP contribution in [-0.4, -0.2) is 59.5 Å². The minimum absolute atomic E-state index is 0.413. The van der Waals surface area contributed by atoms with Crippen molar-refractivity contribution >= 4 is 0 Å². The second-order valence-electron chi connectivity index (χ2n) is 6.50. The van der Waals surface area contributed by atoms with E-state index in [1.54, 1.807) is 0 Å². The van der Waals surface area contributed by atoms with Crippen molar-refractivity contribution in [3.05, 3.63) is 0 Å². The van der Waals surface area contributed by atoms with E-state index in [1.165, 1.54) is 44.1 Å². The molecule has 0 N–H and O–H groups in total. The summed E-state index contributed by atoms with van der Waals surface area (Å²) in [6, 6.07) is 0. The first kappa shape index (κ1) is 9.13. The molecule has 0 spiro atoms. The third-order valence-electron chi connectivity index (χ3n) is 4.40. The van der Waals surface area contributed by atoms with E-state index in [-0.39, 0.29) is 0 Å². The van der Waals surface area contributed by atoms with E-state index in [0.29, 0.717) is 5.54 Å². The van der Waals surface area contributed by atoms with Crippen LogP contribution in [0, 0.1) is 5.92 Å². The van der Waals surface area contributed by atoms with Crippen LogP contribution in [0.1, 0.15) is 20.8 Å². The van der Waals surface area contributed by atoms with Gasteiger partial charge in [0.15, 0.2) is 0 Å². The lowest BCUT2D eigenvalue weighted by atomic mass is 9.91. The molecule has 0 amide bonds. The molecule has 4 aliphatic heterocycles.